The van der Waals surface area contributed by atoms with Gasteiger partial charge in [-0.1, -0.05) is 12.1 Å². The molecule has 1 aromatic heterocycles. The van der Waals surface area contributed by atoms with E-state index in [2.05, 4.69) is 4.98 Å². The monoisotopic (exact) mass is 264 g/mol. The molecular formula is C14H17FN2O2. The molecule has 19 heavy (non-hydrogen) atoms. The predicted octanol–water partition coefficient (Wildman–Crippen LogP) is 2.17. The molecule has 0 spiro atoms. The summed E-state index contributed by atoms with van der Waals surface area (Å²) in [6.07, 6.45) is 2.41. The summed E-state index contributed by atoms with van der Waals surface area (Å²) in [6.45, 7) is 4.81. The van der Waals surface area contributed by atoms with Gasteiger partial charge in [0.2, 0.25) is 17.7 Å². The van der Waals surface area contributed by atoms with Crippen LogP contribution >= 0.6 is 0 Å². The summed E-state index contributed by atoms with van der Waals surface area (Å²) in [5, 5.41) is 0. The van der Waals surface area contributed by atoms with E-state index in [4.69, 9.17) is 4.74 Å². The van der Waals surface area contributed by atoms with E-state index < -0.39 is 5.95 Å². The van der Waals surface area contributed by atoms with Gasteiger partial charge in [0.05, 0.1) is 6.54 Å². The molecule has 1 unspecified atom stereocenters. The lowest BCUT2D eigenvalue weighted by Crippen LogP contribution is -2.31. The number of carbonyl (C=O) groups excluding carboxylic acids is 1. The molecule has 1 amide bonds. The Hall–Kier alpha value is -1.91. The van der Waals surface area contributed by atoms with Crippen molar-refractivity contribution in [3.8, 4) is 5.88 Å². The Kier molecular flexibility index (Phi) is 4.14. The van der Waals surface area contributed by atoms with Gasteiger partial charge >= 0.3 is 0 Å². The molecule has 0 radical (unpaired) electrons. The number of rotatable bonds is 3. The van der Waals surface area contributed by atoms with Crippen LogP contribution in [0.1, 0.15) is 20.3 Å². The van der Waals surface area contributed by atoms with E-state index in [9.17, 15) is 9.18 Å². The summed E-state index contributed by atoms with van der Waals surface area (Å²) in [5.41, 5.74) is 0.726. The first kappa shape index (κ1) is 13.5. The average molecular weight is 264 g/mol. The van der Waals surface area contributed by atoms with Crippen LogP contribution in [-0.2, 0) is 4.79 Å². The number of nitrogens with zero attached hydrogens (tertiary/aromatic N) is 2. The Balaban J connectivity index is 1.94. The second-order valence-corrected chi connectivity index (χ2v) is 4.55. The molecule has 1 aliphatic heterocycles. The maximum absolute atomic E-state index is 12.9. The van der Waals surface area contributed by atoms with Crippen molar-refractivity contribution in [2.75, 3.05) is 13.1 Å². The minimum atomic E-state index is -0.562. The molecule has 0 saturated carbocycles. The molecule has 0 aromatic carbocycles. The summed E-state index contributed by atoms with van der Waals surface area (Å²) in [4.78, 5) is 17.4. The highest BCUT2D eigenvalue weighted by molar-refractivity contribution is 5.92. The number of hydrogen-bond acceptors (Lipinski definition) is 3. The maximum atomic E-state index is 12.9. The molecule has 1 fully saturated rings. The van der Waals surface area contributed by atoms with Gasteiger partial charge < -0.3 is 9.64 Å². The maximum Gasteiger partial charge on any atom is 0.249 e. The van der Waals surface area contributed by atoms with Crippen molar-refractivity contribution in [3.05, 3.63) is 35.8 Å². The van der Waals surface area contributed by atoms with E-state index >= 15 is 0 Å². The Morgan fingerprint density at radius 1 is 1.58 bits per heavy atom. The number of allylic oxidation sites excluding steroid dienone is 1. The highest BCUT2D eigenvalue weighted by Gasteiger charge is 2.28. The van der Waals surface area contributed by atoms with E-state index in [0.717, 1.165) is 12.0 Å². The van der Waals surface area contributed by atoms with E-state index in [1.807, 2.05) is 6.92 Å². The molecule has 1 aliphatic rings. The van der Waals surface area contributed by atoms with Crippen LogP contribution in [0.15, 0.2) is 29.8 Å². The van der Waals surface area contributed by atoms with Gasteiger partial charge in [-0.05, 0) is 19.9 Å². The Morgan fingerprint density at radius 3 is 3.05 bits per heavy atom. The van der Waals surface area contributed by atoms with Gasteiger partial charge in [-0.15, -0.1) is 0 Å². The molecular weight excluding hydrogens is 247 g/mol. The van der Waals surface area contributed by atoms with Gasteiger partial charge in [0.15, 0.2) is 0 Å². The molecule has 2 rings (SSSR count). The van der Waals surface area contributed by atoms with E-state index in [-0.39, 0.29) is 17.9 Å². The molecule has 5 heteroatoms. The fourth-order valence-corrected chi connectivity index (χ4v) is 2.01. The second-order valence-electron chi connectivity index (χ2n) is 4.55. The Labute approximate surface area is 111 Å². The third kappa shape index (κ3) is 3.30. The molecule has 2 heterocycles. The number of carbonyl (C=O) groups is 1. The first-order chi connectivity index (χ1) is 9.10. The van der Waals surface area contributed by atoms with Gasteiger partial charge in [-0.3, -0.25) is 4.79 Å². The van der Waals surface area contributed by atoms with Crippen LogP contribution in [0.25, 0.3) is 0 Å². The van der Waals surface area contributed by atoms with Gasteiger partial charge in [0, 0.05) is 24.6 Å². The molecule has 0 N–H and O–H groups in total. The topological polar surface area (TPSA) is 42.4 Å². The fourth-order valence-electron chi connectivity index (χ4n) is 2.01. The average Bonchev–Trinajstić information content (AvgIpc) is 2.85. The van der Waals surface area contributed by atoms with Gasteiger partial charge in [0.25, 0.3) is 0 Å². The van der Waals surface area contributed by atoms with Crippen LogP contribution in [0, 0.1) is 5.95 Å². The summed E-state index contributed by atoms with van der Waals surface area (Å²) >= 11 is 0. The van der Waals surface area contributed by atoms with E-state index in [1.165, 1.54) is 6.07 Å². The molecule has 1 atom stereocenters. The lowest BCUT2D eigenvalue weighted by atomic mass is 10.2. The van der Waals surface area contributed by atoms with Crippen molar-refractivity contribution in [1.29, 1.82) is 0 Å². The number of likely N-dealkylation sites (tertiary alicyclic amines) is 1. The van der Waals surface area contributed by atoms with Crippen LogP contribution in [-0.4, -0.2) is 35.0 Å². The van der Waals surface area contributed by atoms with E-state index in [1.54, 1.807) is 30.0 Å². The standard InChI is InChI=1S/C14H17FN2O2/c1-3-10(2)14(18)17-8-7-11(9-17)19-13-6-4-5-12(15)16-13/h3-6,11H,7-9H2,1-2H3/b10-3+. The number of amides is 1. The largest absolute Gasteiger partial charge is 0.472 e. The van der Waals surface area contributed by atoms with Crippen LogP contribution < -0.4 is 4.74 Å². The number of aromatic nitrogens is 1. The normalized spacial score (nSPS) is 19.6. The Bertz CT molecular complexity index is 502. The first-order valence-corrected chi connectivity index (χ1v) is 6.31. The van der Waals surface area contributed by atoms with Crippen molar-refractivity contribution in [1.82, 2.24) is 9.88 Å². The molecule has 4 nitrogen and oxygen atoms in total. The highest BCUT2D eigenvalue weighted by atomic mass is 19.1. The Morgan fingerprint density at radius 2 is 2.37 bits per heavy atom. The molecule has 0 bridgehead atoms. The van der Waals surface area contributed by atoms with Gasteiger partial charge in [0.1, 0.15) is 6.10 Å². The lowest BCUT2D eigenvalue weighted by Gasteiger charge is -2.17. The van der Waals surface area contributed by atoms with E-state index in [0.29, 0.717) is 13.1 Å². The van der Waals surface area contributed by atoms with Gasteiger partial charge in [-0.2, -0.15) is 9.37 Å². The predicted molar refractivity (Wildman–Crippen MR) is 69.2 cm³/mol. The zero-order chi connectivity index (χ0) is 13.8. The zero-order valence-electron chi connectivity index (χ0n) is 11.1. The minimum absolute atomic E-state index is 0.0285. The first-order valence-electron chi connectivity index (χ1n) is 6.31. The van der Waals surface area contributed by atoms with Crippen molar-refractivity contribution in [2.45, 2.75) is 26.4 Å². The molecule has 0 aliphatic carbocycles. The third-order valence-corrected chi connectivity index (χ3v) is 3.18. The second kappa shape index (κ2) is 5.82. The van der Waals surface area contributed by atoms with Crippen molar-refractivity contribution >= 4 is 5.91 Å². The molecule has 1 aromatic rings. The third-order valence-electron chi connectivity index (χ3n) is 3.18. The number of hydrogen-bond donors (Lipinski definition) is 0. The van der Waals surface area contributed by atoms with Crippen molar-refractivity contribution in [3.63, 3.8) is 0 Å². The van der Waals surface area contributed by atoms with Crippen LogP contribution in [0.2, 0.25) is 0 Å². The van der Waals surface area contributed by atoms with Crippen LogP contribution in [0.3, 0.4) is 0 Å². The summed E-state index contributed by atoms with van der Waals surface area (Å²) in [7, 11) is 0. The SMILES string of the molecule is C/C=C(\C)C(=O)N1CCC(Oc2cccc(F)n2)C1. The lowest BCUT2D eigenvalue weighted by molar-refractivity contribution is -0.126. The molecule has 1 saturated heterocycles. The van der Waals surface area contributed by atoms with Crippen LogP contribution in [0.4, 0.5) is 4.39 Å². The van der Waals surface area contributed by atoms with Crippen molar-refractivity contribution < 1.29 is 13.9 Å². The number of halogens is 1. The summed E-state index contributed by atoms with van der Waals surface area (Å²) in [6, 6.07) is 4.44. The van der Waals surface area contributed by atoms with Gasteiger partial charge in [-0.25, -0.2) is 0 Å². The van der Waals surface area contributed by atoms with Crippen LogP contribution in [0.5, 0.6) is 5.88 Å². The number of pyridine rings is 1. The van der Waals surface area contributed by atoms with Crippen molar-refractivity contribution in [2.24, 2.45) is 0 Å². The molecule has 102 valence electrons. The minimum Gasteiger partial charge on any atom is -0.472 e. The highest BCUT2D eigenvalue weighted by Crippen LogP contribution is 2.18. The summed E-state index contributed by atoms with van der Waals surface area (Å²) in [5.74, 6) is -0.268. The fraction of sp³-hybridized carbons (Fsp3) is 0.429. The number of ether oxygens (including phenoxy) is 1. The quantitative estimate of drug-likeness (QED) is 0.620. The zero-order valence-corrected chi connectivity index (χ0v) is 11.1. The smallest absolute Gasteiger partial charge is 0.249 e. The summed E-state index contributed by atoms with van der Waals surface area (Å²) < 4.78 is 18.5.